The van der Waals surface area contributed by atoms with Crippen molar-refractivity contribution in [3.63, 3.8) is 0 Å². The third-order valence-corrected chi connectivity index (χ3v) is 6.21. The molecule has 38 heavy (non-hydrogen) atoms. The first kappa shape index (κ1) is 28.4. The zero-order valence-corrected chi connectivity index (χ0v) is 22.6. The lowest BCUT2D eigenvalue weighted by molar-refractivity contribution is -0.123. The third-order valence-electron chi connectivity index (χ3n) is 6.21. The van der Waals surface area contributed by atoms with Crippen LogP contribution in [0.3, 0.4) is 0 Å². The van der Waals surface area contributed by atoms with Crippen molar-refractivity contribution in [2.45, 2.75) is 19.8 Å². The zero-order chi connectivity index (χ0) is 27.3. The monoisotopic (exact) mass is 511 g/mol. The maximum absolute atomic E-state index is 11.5. The Kier molecular flexibility index (Phi) is 10.9. The van der Waals surface area contributed by atoms with Crippen LogP contribution in [0, 0.1) is 0 Å². The number of nitrogen functional groups attached to an aromatic ring is 1. The van der Waals surface area contributed by atoms with Crippen molar-refractivity contribution >= 4 is 29.0 Å². The summed E-state index contributed by atoms with van der Waals surface area (Å²) in [6.45, 7) is 4.24. The number of hydrogen-bond donors (Lipinski definition) is 3. The van der Waals surface area contributed by atoms with Crippen LogP contribution in [0.5, 0.6) is 5.75 Å². The van der Waals surface area contributed by atoms with E-state index < -0.39 is 0 Å². The smallest absolute Gasteiger partial charge is 0.245 e. The van der Waals surface area contributed by atoms with Crippen LogP contribution in [0.2, 0.25) is 0 Å². The number of allylic oxidation sites excluding steroid dienone is 1. The quantitative estimate of drug-likeness (QED) is 0.107. The first-order valence-corrected chi connectivity index (χ1v) is 13.0. The summed E-state index contributed by atoms with van der Waals surface area (Å²) in [6.07, 6.45) is 6.70. The van der Waals surface area contributed by atoms with Gasteiger partial charge in [0.25, 0.3) is 0 Å². The van der Waals surface area contributed by atoms with Gasteiger partial charge in [-0.3, -0.25) is 10.2 Å². The van der Waals surface area contributed by atoms with Crippen LogP contribution in [-0.2, 0) is 4.79 Å². The molecular weight excluding hydrogens is 472 g/mol. The van der Waals surface area contributed by atoms with E-state index in [4.69, 9.17) is 15.9 Å². The molecule has 0 unspecified atom stereocenters. The number of hydrogen-bond acceptors (Lipinski definition) is 4. The molecule has 0 aliphatic carbocycles. The fourth-order valence-corrected chi connectivity index (χ4v) is 4.16. The topological polar surface area (TPSA) is 93.2 Å². The van der Waals surface area contributed by atoms with Crippen LogP contribution in [0.15, 0.2) is 84.9 Å². The fraction of sp³-hybridized carbons (Fsp3) is 0.250. The minimum Gasteiger partial charge on any atom is -0.492 e. The van der Waals surface area contributed by atoms with E-state index in [2.05, 4.69) is 54.7 Å². The SMILES string of the molecule is CCC(=C(c1ccc(OCCNCCC=CC(=O)N(C)C)cc1)c1ccc(N)c(C=[NH2+])c1)c1ccccc1. The summed E-state index contributed by atoms with van der Waals surface area (Å²) < 4.78 is 5.95. The van der Waals surface area contributed by atoms with Crippen molar-refractivity contribution in [2.24, 2.45) is 0 Å². The van der Waals surface area contributed by atoms with Crippen LogP contribution < -0.4 is 21.2 Å². The van der Waals surface area contributed by atoms with Crippen molar-refractivity contribution in [2.75, 3.05) is 39.5 Å². The Morgan fingerprint density at radius 2 is 1.68 bits per heavy atom. The Bertz CT molecular complexity index is 1260. The van der Waals surface area contributed by atoms with Crippen LogP contribution >= 0.6 is 0 Å². The molecule has 198 valence electrons. The Morgan fingerprint density at radius 3 is 2.34 bits per heavy atom. The number of ether oxygens (including phenoxy) is 1. The molecule has 0 aromatic heterocycles. The molecule has 0 aliphatic heterocycles. The van der Waals surface area contributed by atoms with Crippen LogP contribution in [0.25, 0.3) is 11.1 Å². The van der Waals surface area contributed by atoms with E-state index in [-0.39, 0.29) is 5.91 Å². The number of likely N-dealkylation sites (N-methyl/N-ethyl adjacent to an activating group) is 1. The highest BCUT2D eigenvalue weighted by Crippen LogP contribution is 2.35. The molecule has 0 spiro atoms. The number of carbonyl (C=O) groups excluding carboxylic acids is 1. The first-order valence-electron chi connectivity index (χ1n) is 13.0. The number of nitrogens with one attached hydrogen (secondary N) is 1. The minimum atomic E-state index is -0.000780. The molecule has 0 heterocycles. The summed E-state index contributed by atoms with van der Waals surface area (Å²) in [6, 6.07) is 24.7. The minimum absolute atomic E-state index is 0.000780. The predicted molar refractivity (Wildman–Crippen MR) is 158 cm³/mol. The number of benzene rings is 3. The van der Waals surface area contributed by atoms with Gasteiger partial charge in [-0.2, -0.15) is 0 Å². The molecule has 0 saturated carbocycles. The lowest BCUT2D eigenvalue weighted by Gasteiger charge is -2.17. The number of rotatable bonds is 13. The number of nitrogens with zero attached hydrogens (tertiary/aromatic N) is 1. The predicted octanol–water partition coefficient (Wildman–Crippen LogP) is 3.82. The highest BCUT2D eigenvalue weighted by atomic mass is 16.5. The van der Waals surface area contributed by atoms with Gasteiger partial charge in [0.2, 0.25) is 5.91 Å². The standard InChI is InChI=1S/C32H38N4O2/c1-4-29(24-10-6-5-7-11-24)32(26-15-18-30(34)27(22-26)23-33)25-13-16-28(17-14-25)38-21-20-35-19-9-8-12-31(37)36(2)3/h5-8,10-18,22-23,33,35H,4,9,19-21,34H2,1-3H3/p+1. The second-order valence-electron chi connectivity index (χ2n) is 9.13. The van der Waals surface area contributed by atoms with E-state index in [1.807, 2.05) is 36.4 Å². The van der Waals surface area contributed by atoms with Crippen molar-refractivity contribution in [1.29, 1.82) is 0 Å². The summed E-state index contributed by atoms with van der Waals surface area (Å²) in [7, 11) is 3.48. The Morgan fingerprint density at radius 1 is 0.974 bits per heavy atom. The molecular formula is C32H39N4O2+. The van der Waals surface area contributed by atoms with E-state index in [9.17, 15) is 4.79 Å². The van der Waals surface area contributed by atoms with Gasteiger partial charge in [0, 0.05) is 26.3 Å². The lowest BCUT2D eigenvalue weighted by atomic mass is 9.87. The summed E-state index contributed by atoms with van der Waals surface area (Å²) >= 11 is 0. The van der Waals surface area contributed by atoms with Crippen molar-refractivity contribution in [3.05, 3.63) is 107 Å². The fourth-order valence-electron chi connectivity index (χ4n) is 4.16. The van der Waals surface area contributed by atoms with E-state index in [1.165, 1.54) is 11.1 Å². The normalized spacial score (nSPS) is 11.8. The molecule has 0 radical (unpaired) electrons. The Balaban J connectivity index is 1.72. The number of anilines is 1. The van der Waals surface area contributed by atoms with Crippen LogP contribution in [-0.4, -0.2) is 50.8 Å². The van der Waals surface area contributed by atoms with Crippen molar-refractivity contribution < 1.29 is 14.9 Å². The lowest BCUT2D eigenvalue weighted by Crippen LogP contribution is -2.30. The summed E-state index contributed by atoms with van der Waals surface area (Å²) in [5.41, 5.74) is 13.3. The van der Waals surface area contributed by atoms with Gasteiger partial charge in [-0.1, -0.05) is 61.5 Å². The average Bonchev–Trinajstić information content (AvgIpc) is 2.94. The maximum Gasteiger partial charge on any atom is 0.245 e. The Labute approximate surface area is 226 Å². The summed E-state index contributed by atoms with van der Waals surface area (Å²) in [4.78, 5) is 13.1. The first-order chi connectivity index (χ1) is 18.4. The van der Waals surface area contributed by atoms with E-state index >= 15 is 0 Å². The van der Waals surface area contributed by atoms with Crippen LogP contribution in [0.4, 0.5) is 5.69 Å². The summed E-state index contributed by atoms with van der Waals surface area (Å²) in [5.74, 6) is 0.816. The molecule has 3 aromatic carbocycles. The van der Waals surface area contributed by atoms with Gasteiger partial charge in [0.15, 0.2) is 6.21 Å². The third kappa shape index (κ3) is 7.92. The number of nitrogens with two attached hydrogens (primary N) is 2. The van der Waals surface area contributed by atoms with E-state index in [0.717, 1.165) is 53.9 Å². The molecule has 3 rings (SSSR count). The van der Waals surface area contributed by atoms with Gasteiger partial charge >= 0.3 is 0 Å². The van der Waals surface area contributed by atoms with Gasteiger partial charge in [-0.15, -0.1) is 0 Å². The molecule has 0 aliphatic rings. The van der Waals surface area contributed by atoms with E-state index in [0.29, 0.717) is 12.3 Å². The number of amides is 1. The zero-order valence-electron chi connectivity index (χ0n) is 22.6. The second kappa shape index (κ2) is 14.5. The summed E-state index contributed by atoms with van der Waals surface area (Å²) in [5, 5.41) is 9.19. The molecule has 6 heteroatoms. The molecule has 3 aromatic rings. The average molecular weight is 512 g/mol. The molecule has 6 nitrogen and oxygen atoms in total. The molecule has 0 saturated heterocycles. The molecule has 0 atom stereocenters. The van der Waals surface area contributed by atoms with E-state index in [1.54, 1.807) is 31.3 Å². The highest BCUT2D eigenvalue weighted by Gasteiger charge is 2.15. The second-order valence-corrected chi connectivity index (χ2v) is 9.13. The molecule has 1 amide bonds. The maximum atomic E-state index is 11.5. The van der Waals surface area contributed by atoms with Gasteiger partial charge in [-0.25, -0.2) is 0 Å². The number of carbonyl (C=O) groups is 1. The van der Waals surface area contributed by atoms with Crippen molar-refractivity contribution in [1.82, 2.24) is 10.2 Å². The van der Waals surface area contributed by atoms with Crippen LogP contribution in [0.1, 0.15) is 42.0 Å². The van der Waals surface area contributed by atoms with Gasteiger partial charge in [0.1, 0.15) is 12.4 Å². The van der Waals surface area contributed by atoms with Gasteiger partial charge in [-0.05, 0) is 77.6 Å². The van der Waals surface area contributed by atoms with Gasteiger partial charge in [0.05, 0.1) is 5.56 Å². The highest BCUT2D eigenvalue weighted by molar-refractivity contribution is 6.00. The van der Waals surface area contributed by atoms with Gasteiger partial charge < -0.3 is 20.7 Å². The molecule has 0 bridgehead atoms. The molecule has 5 N–H and O–H groups in total. The van der Waals surface area contributed by atoms with Crippen molar-refractivity contribution in [3.8, 4) is 5.75 Å². The Hall–Kier alpha value is -4.16. The largest absolute Gasteiger partial charge is 0.492 e. The molecule has 0 fully saturated rings.